The summed E-state index contributed by atoms with van der Waals surface area (Å²) in [6.45, 7) is 4.58. The maximum atomic E-state index is 12.2. The zero-order valence-corrected chi connectivity index (χ0v) is 19.4. The number of halogens is 1. The van der Waals surface area contributed by atoms with Gasteiger partial charge in [0.05, 0.1) is 12.5 Å². The number of hydrogen-bond donors (Lipinski definition) is 2. The summed E-state index contributed by atoms with van der Waals surface area (Å²) < 4.78 is 32.8. The van der Waals surface area contributed by atoms with Crippen LogP contribution in [0.2, 0.25) is 0 Å². The fraction of sp³-hybridized carbons (Fsp3) is 0.450. The highest BCUT2D eigenvalue weighted by molar-refractivity contribution is 7.96. The van der Waals surface area contributed by atoms with Crippen molar-refractivity contribution >= 4 is 39.4 Å². The van der Waals surface area contributed by atoms with Crippen molar-refractivity contribution in [2.45, 2.75) is 45.4 Å². The number of sulfone groups is 1. The molecule has 1 aromatic rings. The van der Waals surface area contributed by atoms with Gasteiger partial charge in [0.2, 0.25) is 5.91 Å². The van der Waals surface area contributed by atoms with E-state index in [1.165, 1.54) is 0 Å². The molecule has 0 aliphatic heterocycles. The van der Waals surface area contributed by atoms with Crippen LogP contribution in [0.15, 0.2) is 40.8 Å². The Kier molecular flexibility index (Phi) is 9.99. The molecule has 0 saturated carbocycles. The van der Waals surface area contributed by atoms with E-state index >= 15 is 0 Å². The van der Waals surface area contributed by atoms with Crippen LogP contribution >= 0.6 is 11.6 Å². The molecule has 0 unspecified atom stereocenters. The van der Waals surface area contributed by atoms with E-state index in [0.717, 1.165) is 17.9 Å². The van der Waals surface area contributed by atoms with Crippen LogP contribution in [0.4, 0.5) is 4.79 Å². The lowest BCUT2D eigenvalue weighted by Crippen LogP contribution is -2.43. The molecule has 172 valence electrons. The Balaban J connectivity index is 2.66. The van der Waals surface area contributed by atoms with Crippen LogP contribution in [0.1, 0.15) is 32.8 Å². The number of esters is 1. The van der Waals surface area contributed by atoms with Gasteiger partial charge >= 0.3 is 12.1 Å². The number of nitrogens with one attached hydrogen (secondary N) is 2. The minimum atomic E-state index is -3.73. The molecule has 9 nitrogen and oxygen atoms in total. The first-order chi connectivity index (χ1) is 14.3. The number of hydrogen-bond acceptors (Lipinski definition) is 7. The van der Waals surface area contributed by atoms with Crippen LogP contribution < -0.4 is 10.6 Å². The number of benzene rings is 1. The lowest BCUT2D eigenvalue weighted by atomic mass is 10.1. The molecule has 0 aliphatic carbocycles. The van der Waals surface area contributed by atoms with Gasteiger partial charge in [-0.2, -0.15) is 0 Å². The number of ether oxygens (including phenoxy) is 2. The zero-order valence-electron chi connectivity index (χ0n) is 17.8. The first kappa shape index (κ1) is 26.4. The molecule has 0 aliphatic rings. The molecule has 0 spiro atoms. The van der Waals surface area contributed by atoms with Gasteiger partial charge in [-0.25, -0.2) is 13.2 Å². The third kappa shape index (κ3) is 12.0. The van der Waals surface area contributed by atoms with Gasteiger partial charge < -0.3 is 20.1 Å². The average Bonchev–Trinajstić information content (AvgIpc) is 2.63. The van der Waals surface area contributed by atoms with Gasteiger partial charge in [-0.15, -0.1) is 0 Å². The van der Waals surface area contributed by atoms with Crippen molar-refractivity contribution in [1.82, 2.24) is 10.6 Å². The molecule has 0 fully saturated rings. The number of amides is 2. The van der Waals surface area contributed by atoms with E-state index in [9.17, 15) is 22.8 Å². The Bertz CT molecular complexity index is 909. The predicted octanol–water partition coefficient (Wildman–Crippen LogP) is 2.25. The summed E-state index contributed by atoms with van der Waals surface area (Å²) in [7, 11) is -3.73. The molecule has 1 rings (SSSR count). The Morgan fingerprint density at radius 2 is 1.77 bits per heavy atom. The van der Waals surface area contributed by atoms with Crippen molar-refractivity contribution in [2.24, 2.45) is 0 Å². The van der Waals surface area contributed by atoms with Gasteiger partial charge in [0.1, 0.15) is 23.1 Å². The lowest BCUT2D eigenvalue weighted by molar-refractivity contribution is -0.155. The first-order valence-corrected chi connectivity index (χ1v) is 11.6. The SMILES string of the molecule is CC(C)(C)OC(=O)C[C@@H](/C=C(\Cl)S(C)(=O)=O)NC(=O)CNC(=O)OCc1ccccc1. The van der Waals surface area contributed by atoms with E-state index in [-0.39, 0.29) is 13.0 Å². The Hall–Kier alpha value is -2.59. The molecule has 2 amide bonds. The van der Waals surface area contributed by atoms with Gasteiger partial charge in [0.15, 0.2) is 9.84 Å². The zero-order chi connectivity index (χ0) is 23.7. The van der Waals surface area contributed by atoms with Crippen molar-refractivity contribution in [3.63, 3.8) is 0 Å². The highest BCUT2D eigenvalue weighted by atomic mass is 35.5. The topological polar surface area (TPSA) is 128 Å². The van der Waals surface area contributed by atoms with E-state index in [1.807, 2.05) is 6.07 Å². The summed E-state index contributed by atoms with van der Waals surface area (Å²) in [4.78, 5) is 36.0. The highest BCUT2D eigenvalue weighted by Gasteiger charge is 2.22. The maximum Gasteiger partial charge on any atom is 0.407 e. The van der Waals surface area contributed by atoms with Crippen LogP contribution in [-0.4, -0.2) is 50.8 Å². The summed E-state index contributed by atoms with van der Waals surface area (Å²) in [5, 5.41) is 4.70. The smallest absolute Gasteiger partial charge is 0.407 e. The highest BCUT2D eigenvalue weighted by Crippen LogP contribution is 2.14. The second kappa shape index (κ2) is 11.7. The first-order valence-electron chi connectivity index (χ1n) is 9.29. The van der Waals surface area contributed by atoms with Gasteiger partial charge in [-0.05, 0) is 32.4 Å². The molecular weight excluding hydrogens is 448 g/mol. The van der Waals surface area contributed by atoms with E-state index in [1.54, 1.807) is 45.0 Å². The largest absolute Gasteiger partial charge is 0.460 e. The molecule has 1 atom stereocenters. The molecule has 2 N–H and O–H groups in total. The standard InChI is InChI=1S/C20H27ClN2O7S/c1-20(2,3)30-18(25)11-15(10-16(21)31(4,27)28)23-17(24)12-22-19(26)29-13-14-8-6-5-7-9-14/h5-10,15H,11-13H2,1-4H3,(H,22,26)(H,23,24)/b16-10+/t15-/m1/s1. The number of rotatable bonds is 9. The van der Waals surface area contributed by atoms with Crippen molar-refractivity contribution in [3.8, 4) is 0 Å². The van der Waals surface area contributed by atoms with Crippen molar-refractivity contribution in [2.75, 3.05) is 12.8 Å². The molecule has 0 saturated heterocycles. The molecule has 0 bridgehead atoms. The third-order valence-electron chi connectivity index (χ3n) is 3.45. The van der Waals surface area contributed by atoms with Gasteiger partial charge in [-0.3, -0.25) is 9.59 Å². The van der Waals surface area contributed by atoms with Crippen LogP contribution in [0.3, 0.4) is 0 Å². The minimum absolute atomic E-state index is 0.0300. The predicted molar refractivity (Wildman–Crippen MR) is 116 cm³/mol. The minimum Gasteiger partial charge on any atom is -0.460 e. The summed E-state index contributed by atoms with van der Waals surface area (Å²) in [5.41, 5.74) is 0.0140. The molecule has 31 heavy (non-hydrogen) atoms. The average molecular weight is 475 g/mol. The van der Waals surface area contributed by atoms with Gasteiger partial charge in [0.25, 0.3) is 0 Å². The molecule has 11 heteroatoms. The van der Waals surface area contributed by atoms with Crippen LogP contribution in [0.25, 0.3) is 0 Å². The monoisotopic (exact) mass is 474 g/mol. The van der Waals surface area contributed by atoms with Crippen molar-refractivity contribution in [3.05, 3.63) is 46.3 Å². The van der Waals surface area contributed by atoms with Gasteiger partial charge in [0, 0.05) is 6.26 Å². The quantitative estimate of drug-likeness (QED) is 0.525. The Morgan fingerprint density at radius 3 is 2.32 bits per heavy atom. The fourth-order valence-electron chi connectivity index (χ4n) is 2.18. The maximum absolute atomic E-state index is 12.2. The number of carbonyl (C=O) groups excluding carboxylic acids is 3. The molecule has 0 aromatic heterocycles. The second-order valence-electron chi connectivity index (χ2n) is 7.62. The Morgan fingerprint density at radius 1 is 1.16 bits per heavy atom. The molecular formula is C20H27ClN2O7S. The Labute approximate surface area is 187 Å². The summed E-state index contributed by atoms with van der Waals surface area (Å²) in [6.07, 6.45) is 0.759. The number of carbonyl (C=O) groups is 3. The van der Waals surface area contributed by atoms with Gasteiger partial charge in [-0.1, -0.05) is 41.9 Å². The van der Waals surface area contributed by atoms with E-state index in [2.05, 4.69) is 10.6 Å². The molecule has 1 aromatic carbocycles. The molecule has 0 radical (unpaired) electrons. The molecule has 0 heterocycles. The van der Waals surface area contributed by atoms with Crippen LogP contribution in [-0.2, 0) is 35.5 Å². The van der Waals surface area contributed by atoms with Crippen LogP contribution in [0, 0.1) is 0 Å². The van der Waals surface area contributed by atoms with E-state index < -0.39 is 50.4 Å². The summed E-state index contributed by atoms with van der Waals surface area (Å²) in [5.74, 6) is -1.35. The van der Waals surface area contributed by atoms with Crippen molar-refractivity contribution in [1.29, 1.82) is 0 Å². The van der Waals surface area contributed by atoms with Crippen LogP contribution in [0.5, 0.6) is 0 Å². The second-order valence-corrected chi connectivity index (χ2v) is 10.2. The normalized spacial score (nSPS) is 13.1. The third-order valence-corrected chi connectivity index (χ3v) is 5.26. The van der Waals surface area contributed by atoms with Crippen molar-refractivity contribution < 1.29 is 32.3 Å². The summed E-state index contributed by atoms with van der Waals surface area (Å²) in [6, 6.07) is 7.91. The van der Waals surface area contributed by atoms with E-state index in [4.69, 9.17) is 21.1 Å². The number of alkyl carbamates (subject to hydrolysis) is 1. The summed E-state index contributed by atoms with van der Waals surface area (Å²) >= 11 is 5.76. The van der Waals surface area contributed by atoms with E-state index in [0.29, 0.717) is 0 Å². The fourth-order valence-corrected chi connectivity index (χ4v) is 2.74. The lowest BCUT2D eigenvalue weighted by Gasteiger charge is -2.22.